The minimum atomic E-state index is -0.184. The van der Waals surface area contributed by atoms with Crippen molar-refractivity contribution in [3.8, 4) is 28.5 Å². The van der Waals surface area contributed by atoms with E-state index in [2.05, 4.69) is 15.4 Å². The third-order valence-electron chi connectivity index (χ3n) is 4.71. The summed E-state index contributed by atoms with van der Waals surface area (Å²) in [4.78, 5) is 17.0. The van der Waals surface area contributed by atoms with Crippen molar-refractivity contribution in [2.24, 2.45) is 0 Å². The van der Waals surface area contributed by atoms with Crippen LogP contribution >= 0.6 is 11.8 Å². The van der Waals surface area contributed by atoms with Crippen molar-refractivity contribution >= 4 is 28.9 Å². The van der Waals surface area contributed by atoms with E-state index in [-0.39, 0.29) is 11.7 Å². The van der Waals surface area contributed by atoms with Crippen LogP contribution < -0.4 is 19.5 Å². The molecule has 4 rings (SSSR count). The molecule has 0 radical (unpaired) electrons. The molecule has 4 aromatic rings. The quantitative estimate of drug-likeness (QED) is 0.404. The first kappa shape index (κ1) is 21.5. The zero-order chi connectivity index (χ0) is 22.5. The molecule has 32 heavy (non-hydrogen) atoms. The number of amides is 1. The summed E-state index contributed by atoms with van der Waals surface area (Å²) in [7, 11) is 4.59. The summed E-state index contributed by atoms with van der Waals surface area (Å²) < 4.78 is 17.8. The minimum Gasteiger partial charge on any atom is -0.493 e. The fourth-order valence-electron chi connectivity index (χ4n) is 3.24. The minimum absolute atomic E-state index is 0.176. The lowest BCUT2D eigenvalue weighted by molar-refractivity contribution is -0.113. The fourth-order valence-corrected chi connectivity index (χ4v) is 4.02. The zero-order valence-corrected chi connectivity index (χ0v) is 18.7. The molecule has 1 N–H and O–H groups in total. The molecular formula is C23H22N4O4S. The molecule has 0 unspecified atom stereocenters. The predicted octanol–water partition coefficient (Wildman–Crippen LogP) is 4.15. The van der Waals surface area contributed by atoms with Crippen molar-refractivity contribution < 1.29 is 19.0 Å². The molecule has 0 saturated carbocycles. The number of carbonyl (C=O) groups is 1. The number of benzene rings is 2. The Kier molecular flexibility index (Phi) is 6.46. The first-order valence-corrected chi connectivity index (χ1v) is 10.7. The van der Waals surface area contributed by atoms with Crippen LogP contribution in [0.4, 0.5) is 5.69 Å². The van der Waals surface area contributed by atoms with Gasteiger partial charge in [-0.25, -0.2) is 9.50 Å². The molecule has 0 aliphatic heterocycles. The van der Waals surface area contributed by atoms with Gasteiger partial charge in [0.2, 0.25) is 11.7 Å². The maximum atomic E-state index is 12.6. The largest absolute Gasteiger partial charge is 0.493 e. The first-order valence-electron chi connectivity index (χ1n) is 9.75. The second-order valence-electron chi connectivity index (χ2n) is 6.71. The topological polar surface area (TPSA) is 87.0 Å². The smallest absolute Gasteiger partial charge is 0.234 e. The Morgan fingerprint density at radius 3 is 2.41 bits per heavy atom. The number of methoxy groups -OCH3 is 3. The number of hydrogen-bond acceptors (Lipinski definition) is 7. The molecule has 0 atom stereocenters. The van der Waals surface area contributed by atoms with E-state index in [1.807, 2.05) is 36.4 Å². The Morgan fingerprint density at radius 2 is 1.75 bits per heavy atom. The van der Waals surface area contributed by atoms with E-state index < -0.39 is 0 Å². The number of rotatable bonds is 8. The van der Waals surface area contributed by atoms with Crippen LogP contribution in [0.1, 0.15) is 0 Å². The van der Waals surface area contributed by atoms with Crippen molar-refractivity contribution in [2.45, 2.75) is 5.03 Å². The SMILES string of the molecule is COc1cc(NC(=O)CSc2nccn3nc(-c4ccccc4)cc23)cc(OC)c1OC. The van der Waals surface area contributed by atoms with E-state index in [1.165, 1.54) is 33.1 Å². The van der Waals surface area contributed by atoms with Crippen molar-refractivity contribution in [1.82, 2.24) is 14.6 Å². The third-order valence-corrected chi connectivity index (χ3v) is 5.71. The van der Waals surface area contributed by atoms with Gasteiger partial charge in [0.1, 0.15) is 5.03 Å². The van der Waals surface area contributed by atoms with Gasteiger partial charge in [-0.3, -0.25) is 4.79 Å². The molecule has 0 bridgehead atoms. The summed E-state index contributed by atoms with van der Waals surface area (Å²) in [6.07, 6.45) is 3.47. The number of hydrogen-bond donors (Lipinski definition) is 1. The average Bonchev–Trinajstić information content (AvgIpc) is 3.27. The molecular weight excluding hydrogens is 428 g/mol. The molecule has 8 nitrogen and oxygen atoms in total. The van der Waals surface area contributed by atoms with Crippen molar-refractivity contribution in [3.63, 3.8) is 0 Å². The molecule has 2 aromatic heterocycles. The summed E-state index contributed by atoms with van der Waals surface area (Å²) in [5, 5.41) is 8.21. The summed E-state index contributed by atoms with van der Waals surface area (Å²) in [6, 6.07) is 15.3. The van der Waals surface area contributed by atoms with Crippen LogP contribution in [0.15, 0.2) is 66.0 Å². The van der Waals surface area contributed by atoms with Gasteiger partial charge in [0.05, 0.1) is 38.3 Å². The van der Waals surface area contributed by atoms with E-state index in [0.717, 1.165) is 21.8 Å². The molecule has 0 aliphatic rings. The number of aromatic nitrogens is 3. The van der Waals surface area contributed by atoms with E-state index in [0.29, 0.717) is 22.9 Å². The van der Waals surface area contributed by atoms with Gasteiger partial charge in [-0.05, 0) is 6.07 Å². The molecule has 0 spiro atoms. The maximum Gasteiger partial charge on any atom is 0.234 e. The maximum absolute atomic E-state index is 12.6. The Balaban J connectivity index is 1.49. The lowest BCUT2D eigenvalue weighted by Gasteiger charge is -2.14. The molecule has 0 saturated heterocycles. The monoisotopic (exact) mass is 450 g/mol. The Hall–Kier alpha value is -3.72. The van der Waals surface area contributed by atoms with Gasteiger partial charge < -0.3 is 19.5 Å². The Bertz CT molecular complexity index is 1220. The third kappa shape index (κ3) is 4.47. The number of ether oxygens (including phenoxy) is 3. The average molecular weight is 451 g/mol. The van der Waals surface area contributed by atoms with E-state index in [4.69, 9.17) is 14.2 Å². The number of anilines is 1. The van der Waals surface area contributed by atoms with Gasteiger partial charge in [0, 0.05) is 35.8 Å². The molecule has 0 fully saturated rings. The lowest BCUT2D eigenvalue weighted by atomic mass is 10.1. The molecule has 164 valence electrons. The summed E-state index contributed by atoms with van der Waals surface area (Å²) in [5.41, 5.74) is 3.26. The van der Waals surface area contributed by atoms with Gasteiger partial charge in [-0.2, -0.15) is 5.10 Å². The van der Waals surface area contributed by atoms with Crippen LogP contribution in [0.5, 0.6) is 17.2 Å². The number of thioether (sulfide) groups is 1. The highest BCUT2D eigenvalue weighted by Gasteiger charge is 2.15. The van der Waals surface area contributed by atoms with Crippen molar-refractivity contribution in [2.75, 3.05) is 32.4 Å². The number of nitrogens with zero attached hydrogens (tertiary/aromatic N) is 3. The standard InChI is InChI=1S/C23H22N4O4S/c1-29-19-11-16(12-20(30-2)22(19)31-3)25-21(28)14-32-23-18-13-17(15-7-5-4-6-8-15)26-27(18)10-9-24-23/h4-13H,14H2,1-3H3,(H,25,28). The van der Waals surface area contributed by atoms with Gasteiger partial charge in [-0.15, -0.1) is 0 Å². The second-order valence-corrected chi connectivity index (χ2v) is 7.67. The predicted molar refractivity (Wildman–Crippen MR) is 124 cm³/mol. The van der Waals surface area contributed by atoms with Crippen LogP contribution in [0, 0.1) is 0 Å². The summed E-state index contributed by atoms with van der Waals surface area (Å²) in [5.74, 6) is 1.39. The number of fused-ring (bicyclic) bond motifs is 1. The highest BCUT2D eigenvalue weighted by atomic mass is 32.2. The molecule has 2 heterocycles. The molecule has 9 heteroatoms. The number of carbonyl (C=O) groups excluding carboxylic acids is 1. The lowest BCUT2D eigenvalue weighted by Crippen LogP contribution is -2.14. The Morgan fingerprint density at radius 1 is 1.03 bits per heavy atom. The van der Waals surface area contributed by atoms with Crippen molar-refractivity contribution in [3.05, 3.63) is 60.9 Å². The van der Waals surface area contributed by atoms with E-state index >= 15 is 0 Å². The molecule has 0 aliphatic carbocycles. The zero-order valence-electron chi connectivity index (χ0n) is 17.9. The highest BCUT2D eigenvalue weighted by Crippen LogP contribution is 2.40. The van der Waals surface area contributed by atoms with E-state index in [1.54, 1.807) is 29.0 Å². The van der Waals surface area contributed by atoms with Crippen LogP contribution in [0.3, 0.4) is 0 Å². The van der Waals surface area contributed by atoms with Crippen LogP contribution in [0.2, 0.25) is 0 Å². The van der Waals surface area contributed by atoms with Crippen molar-refractivity contribution in [1.29, 1.82) is 0 Å². The van der Waals surface area contributed by atoms with Gasteiger partial charge in [0.25, 0.3) is 0 Å². The van der Waals surface area contributed by atoms with Crippen LogP contribution in [-0.2, 0) is 4.79 Å². The fraction of sp³-hybridized carbons (Fsp3) is 0.174. The van der Waals surface area contributed by atoms with Crippen LogP contribution in [0.25, 0.3) is 16.8 Å². The summed E-state index contributed by atoms with van der Waals surface area (Å²) in [6.45, 7) is 0. The van der Waals surface area contributed by atoms with E-state index in [9.17, 15) is 4.79 Å². The second kappa shape index (κ2) is 9.61. The van der Waals surface area contributed by atoms with Crippen LogP contribution in [-0.4, -0.2) is 47.6 Å². The molecule has 1 amide bonds. The van der Waals surface area contributed by atoms with Gasteiger partial charge in [-0.1, -0.05) is 42.1 Å². The van der Waals surface area contributed by atoms with Gasteiger partial charge in [0.15, 0.2) is 11.5 Å². The Labute approximate surface area is 189 Å². The first-order chi connectivity index (χ1) is 15.6. The highest BCUT2D eigenvalue weighted by molar-refractivity contribution is 8.00. The normalized spacial score (nSPS) is 10.7. The van der Waals surface area contributed by atoms with Gasteiger partial charge >= 0.3 is 0 Å². The molecule has 2 aromatic carbocycles. The summed E-state index contributed by atoms with van der Waals surface area (Å²) >= 11 is 1.34. The number of nitrogens with one attached hydrogen (secondary N) is 1.